The van der Waals surface area contributed by atoms with Crippen LogP contribution in [-0.2, 0) is 9.59 Å². The van der Waals surface area contributed by atoms with E-state index in [1.165, 1.54) is 0 Å². The van der Waals surface area contributed by atoms with Crippen molar-refractivity contribution in [3.05, 3.63) is 0 Å². The van der Waals surface area contributed by atoms with Crippen molar-refractivity contribution < 1.29 is 14.7 Å². The number of aliphatic carboxylic acids is 1. The lowest BCUT2D eigenvalue weighted by molar-refractivity contribution is -0.136. The van der Waals surface area contributed by atoms with Gasteiger partial charge >= 0.3 is 5.97 Å². The second-order valence-electron chi connectivity index (χ2n) is 3.05. The predicted molar refractivity (Wildman–Crippen MR) is 49.7 cm³/mol. The SMILES string of the molecule is CC(=O)CCCCNCCC(=O)O. The zero-order valence-electron chi connectivity index (χ0n) is 8.01. The maximum Gasteiger partial charge on any atom is 0.304 e. The summed E-state index contributed by atoms with van der Waals surface area (Å²) in [5.41, 5.74) is 0. The molecule has 0 aliphatic rings. The predicted octanol–water partition coefficient (Wildman–Crippen LogP) is 0.810. The summed E-state index contributed by atoms with van der Waals surface area (Å²) in [6.45, 7) is 2.88. The molecule has 0 bridgehead atoms. The summed E-state index contributed by atoms with van der Waals surface area (Å²) < 4.78 is 0. The normalized spacial score (nSPS) is 9.92. The van der Waals surface area contributed by atoms with Crippen molar-refractivity contribution in [2.24, 2.45) is 0 Å². The van der Waals surface area contributed by atoms with Crippen LogP contribution in [0.2, 0.25) is 0 Å². The summed E-state index contributed by atoms with van der Waals surface area (Å²) in [6, 6.07) is 0. The Kier molecular flexibility index (Phi) is 7.20. The van der Waals surface area contributed by atoms with Crippen LogP contribution >= 0.6 is 0 Å². The minimum Gasteiger partial charge on any atom is -0.481 e. The quantitative estimate of drug-likeness (QED) is 0.552. The minimum atomic E-state index is -0.781. The maximum absolute atomic E-state index is 10.5. The van der Waals surface area contributed by atoms with Crippen molar-refractivity contribution >= 4 is 11.8 Å². The molecule has 0 aromatic carbocycles. The van der Waals surface area contributed by atoms with Crippen molar-refractivity contribution in [2.75, 3.05) is 13.1 Å². The Hall–Kier alpha value is -0.900. The van der Waals surface area contributed by atoms with Crippen LogP contribution < -0.4 is 5.32 Å². The Morgan fingerprint density at radius 1 is 1.15 bits per heavy atom. The zero-order valence-corrected chi connectivity index (χ0v) is 8.01. The molecular weight excluding hydrogens is 170 g/mol. The number of carbonyl (C=O) groups is 2. The lowest BCUT2D eigenvalue weighted by Crippen LogP contribution is -2.19. The number of hydrogen-bond donors (Lipinski definition) is 2. The van der Waals surface area contributed by atoms with Crippen LogP contribution in [0.1, 0.15) is 32.6 Å². The number of nitrogens with one attached hydrogen (secondary N) is 1. The highest BCUT2D eigenvalue weighted by Gasteiger charge is 1.96. The van der Waals surface area contributed by atoms with E-state index in [4.69, 9.17) is 5.11 Å². The molecule has 0 saturated heterocycles. The standard InChI is InChI=1S/C9H17NO3/c1-8(11)4-2-3-6-10-7-5-9(12)13/h10H,2-7H2,1H3,(H,12,13). The van der Waals surface area contributed by atoms with E-state index in [0.717, 1.165) is 19.4 Å². The monoisotopic (exact) mass is 187 g/mol. The Morgan fingerprint density at radius 3 is 2.38 bits per heavy atom. The van der Waals surface area contributed by atoms with E-state index in [0.29, 0.717) is 13.0 Å². The van der Waals surface area contributed by atoms with Crippen molar-refractivity contribution in [3.8, 4) is 0 Å². The second-order valence-corrected chi connectivity index (χ2v) is 3.05. The van der Waals surface area contributed by atoms with Gasteiger partial charge in [-0.3, -0.25) is 4.79 Å². The van der Waals surface area contributed by atoms with Gasteiger partial charge in [-0.25, -0.2) is 0 Å². The third-order valence-electron chi connectivity index (χ3n) is 1.65. The van der Waals surface area contributed by atoms with Gasteiger partial charge in [-0.1, -0.05) is 0 Å². The molecule has 0 rings (SSSR count). The Bertz CT molecular complexity index is 150. The zero-order chi connectivity index (χ0) is 10.1. The summed E-state index contributed by atoms with van der Waals surface area (Å²) in [5.74, 6) is -0.568. The van der Waals surface area contributed by atoms with Crippen molar-refractivity contribution in [1.29, 1.82) is 0 Å². The van der Waals surface area contributed by atoms with Gasteiger partial charge in [0, 0.05) is 13.0 Å². The first-order chi connectivity index (χ1) is 6.13. The van der Waals surface area contributed by atoms with Gasteiger partial charge < -0.3 is 15.2 Å². The van der Waals surface area contributed by atoms with Gasteiger partial charge in [-0.15, -0.1) is 0 Å². The third kappa shape index (κ3) is 11.1. The topological polar surface area (TPSA) is 66.4 Å². The average molecular weight is 187 g/mol. The molecule has 4 heteroatoms. The number of hydrogen-bond acceptors (Lipinski definition) is 3. The summed E-state index contributed by atoms with van der Waals surface area (Å²) in [4.78, 5) is 20.6. The van der Waals surface area contributed by atoms with Crippen LogP contribution in [0.15, 0.2) is 0 Å². The number of rotatable bonds is 8. The number of carboxylic acids is 1. The fourth-order valence-electron chi connectivity index (χ4n) is 0.944. The van der Waals surface area contributed by atoms with E-state index < -0.39 is 5.97 Å². The first-order valence-corrected chi connectivity index (χ1v) is 4.55. The van der Waals surface area contributed by atoms with E-state index in [1.54, 1.807) is 6.92 Å². The Morgan fingerprint density at radius 2 is 1.85 bits per heavy atom. The van der Waals surface area contributed by atoms with Crippen molar-refractivity contribution in [2.45, 2.75) is 32.6 Å². The van der Waals surface area contributed by atoms with Gasteiger partial charge in [0.2, 0.25) is 0 Å². The van der Waals surface area contributed by atoms with E-state index in [9.17, 15) is 9.59 Å². The van der Waals surface area contributed by atoms with Gasteiger partial charge in [0.15, 0.2) is 0 Å². The van der Waals surface area contributed by atoms with Gasteiger partial charge in [0.25, 0.3) is 0 Å². The van der Waals surface area contributed by atoms with Crippen LogP contribution in [0.25, 0.3) is 0 Å². The molecule has 4 nitrogen and oxygen atoms in total. The molecule has 0 fully saturated rings. The fourth-order valence-corrected chi connectivity index (χ4v) is 0.944. The molecule has 76 valence electrons. The van der Waals surface area contributed by atoms with Gasteiger partial charge in [-0.2, -0.15) is 0 Å². The van der Waals surface area contributed by atoms with Crippen LogP contribution in [0.4, 0.5) is 0 Å². The lowest BCUT2D eigenvalue weighted by Gasteiger charge is -2.01. The highest BCUT2D eigenvalue weighted by Crippen LogP contribution is 1.94. The highest BCUT2D eigenvalue weighted by atomic mass is 16.4. The van der Waals surface area contributed by atoms with Crippen LogP contribution in [-0.4, -0.2) is 29.9 Å². The second kappa shape index (κ2) is 7.73. The first-order valence-electron chi connectivity index (χ1n) is 4.55. The smallest absolute Gasteiger partial charge is 0.304 e. The van der Waals surface area contributed by atoms with Crippen LogP contribution in [0.3, 0.4) is 0 Å². The number of unbranched alkanes of at least 4 members (excludes halogenated alkanes) is 1. The Labute approximate surface area is 78.3 Å². The molecule has 0 aromatic rings. The van der Waals surface area contributed by atoms with Crippen molar-refractivity contribution in [1.82, 2.24) is 5.32 Å². The van der Waals surface area contributed by atoms with E-state index in [2.05, 4.69) is 5.32 Å². The molecule has 0 spiro atoms. The van der Waals surface area contributed by atoms with Gasteiger partial charge in [0.05, 0.1) is 6.42 Å². The third-order valence-corrected chi connectivity index (χ3v) is 1.65. The lowest BCUT2D eigenvalue weighted by atomic mass is 10.2. The van der Waals surface area contributed by atoms with E-state index in [-0.39, 0.29) is 12.2 Å². The largest absolute Gasteiger partial charge is 0.481 e. The number of carbonyl (C=O) groups excluding carboxylic acids is 1. The molecule has 2 N–H and O–H groups in total. The molecular formula is C9H17NO3. The number of Topliss-reactive ketones (excluding diaryl/α,β-unsaturated/α-hetero) is 1. The Balaban J connectivity index is 3.00. The molecule has 13 heavy (non-hydrogen) atoms. The fraction of sp³-hybridized carbons (Fsp3) is 0.778. The van der Waals surface area contributed by atoms with Gasteiger partial charge in [-0.05, 0) is 26.3 Å². The van der Waals surface area contributed by atoms with Gasteiger partial charge in [0.1, 0.15) is 5.78 Å². The van der Waals surface area contributed by atoms with E-state index in [1.807, 2.05) is 0 Å². The summed E-state index contributed by atoms with van der Waals surface area (Å²) in [7, 11) is 0. The number of ketones is 1. The molecule has 0 unspecified atom stereocenters. The molecule has 0 saturated carbocycles. The summed E-state index contributed by atoms with van der Waals surface area (Å²) in [6.07, 6.45) is 2.60. The molecule has 0 aliphatic carbocycles. The first kappa shape index (κ1) is 12.1. The number of carboxylic acid groups (broad SMARTS) is 1. The molecule has 0 heterocycles. The summed E-state index contributed by atoms with van der Waals surface area (Å²) >= 11 is 0. The van der Waals surface area contributed by atoms with Crippen LogP contribution in [0, 0.1) is 0 Å². The maximum atomic E-state index is 10.5. The van der Waals surface area contributed by atoms with E-state index >= 15 is 0 Å². The summed E-state index contributed by atoms with van der Waals surface area (Å²) in [5, 5.41) is 11.3. The van der Waals surface area contributed by atoms with Crippen molar-refractivity contribution in [3.63, 3.8) is 0 Å². The molecule has 0 amide bonds. The molecule has 0 aliphatic heterocycles. The molecule has 0 aromatic heterocycles. The highest BCUT2D eigenvalue weighted by molar-refractivity contribution is 5.75. The molecule has 0 atom stereocenters. The molecule has 0 radical (unpaired) electrons. The minimum absolute atomic E-state index is 0.159. The van der Waals surface area contributed by atoms with Crippen LogP contribution in [0.5, 0.6) is 0 Å². The average Bonchev–Trinajstić information content (AvgIpc) is 2.01.